The van der Waals surface area contributed by atoms with Crippen LogP contribution in [0.25, 0.3) is 10.4 Å². The molecule has 5 atom stereocenters. The van der Waals surface area contributed by atoms with Crippen molar-refractivity contribution in [2.75, 3.05) is 18.9 Å². The van der Waals surface area contributed by atoms with Crippen molar-refractivity contribution in [1.29, 1.82) is 0 Å². The molecule has 188 valence electrons. The number of aryl methyl sites for hydroxylation is 1. The van der Waals surface area contributed by atoms with Gasteiger partial charge in [-0.3, -0.25) is 18.9 Å². The van der Waals surface area contributed by atoms with Crippen molar-refractivity contribution in [3.8, 4) is 0 Å². The lowest BCUT2D eigenvalue weighted by molar-refractivity contribution is -0.0271. The number of ether oxygens (including phenoxy) is 2. The highest BCUT2D eigenvalue weighted by molar-refractivity contribution is 5.26. The average molecular weight is 494 g/mol. The normalized spacial score (nSPS) is 25.1. The highest BCUT2D eigenvalue weighted by Gasteiger charge is 2.35. The van der Waals surface area contributed by atoms with E-state index in [1.165, 1.54) is 10.8 Å². The molecule has 0 amide bonds. The molecule has 2 aliphatic heterocycles. The molecule has 0 unspecified atom stereocenters. The summed E-state index contributed by atoms with van der Waals surface area (Å²) in [6.45, 7) is 1.06. The van der Waals surface area contributed by atoms with Crippen molar-refractivity contribution >= 4 is 5.82 Å². The molecule has 35 heavy (non-hydrogen) atoms. The Morgan fingerprint density at radius 1 is 1.26 bits per heavy atom. The van der Waals surface area contributed by atoms with Gasteiger partial charge in [0.15, 0.2) is 17.9 Å². The third kappa shape index (κ3) is 5.82. The molecule has 0 spiro atoms. The van der Waals surface area contributed by atoms with Crippen LogP contribution >= 0.6 is 0 Å². The topological polar surface area (TPSA) is 223 Å². The summed E-state index contributed by atoms with van der Waals surface area (Å²) in [6.07, 6.45) is 3.14. The zero-order chi connectivity index (χ0) is 25.7. The zero-order valence-electron chi connectivity index (χ0n) is 18.4. The molecule has 2 aromatic rings. The number of halogens is 1. The molecule has 1 fully saturated rings. The lowest BCUT2D eigenvalue weighted by atomic mass is 10.1. The van der Waals surface area contributed by atoms with Crippen molar-refractivity contribution < 1.29 is 24.1 Å². The number of H-pyrrole nitrogens is 1. The molecule has 0 saturated carbocycles. The van der Waals surface area contributed by atoms with Gasteiger partial charge in [-0.2, -0.15) is 4.98 Å². The minimum atomic E-state index is -0.788. The van der Waals surface area contributed by atoms with Crippen LogP contribution < -0.4 is 22.7 Å². The molecule has 5 N–H and O–H groups in total. The highest BCUT2D eigenvalue weighted by Crippen LogP contribution is 2.29. The van der Waals surface area contributed by atoms with Crippen LogP contribution in [0.4, 0.5) is 10.2 Å². The van der Waals surface area contributed by atoms with E-state index in [0.717, 1.165) is 10.8 Å². The van der Waals surface area contributed by atoms with Gasteiger partial charge in [-0.1, -0.05) is 11.2 Å². The molecule has 2 aliphatic rings. The SMILES string of the molecule is Cc1cn([C@H]2C[C@H](N=[N+]=[N-])[C@@H](CO)O2)c(=O)[nH]c1=O.Nc1nc(=O)n([C@H]2C=C[C@@H](CO)O2)cc1F. The van der Waals surface area contributed by atoms with Gasteiger partial charge < -0.3 is 25.4 Å². The lowest BCUT2D eigenvalue weighted by Gasteiger charge is -2.14. The fraction of sp³-hybridized carbons (Fsp3) is 0.474. The number of nitrogen functional groups attached to an aromatic ring is 1. The molecule has 0 aromatic carbocycles. The van der Waals surface area contributed by atoms with E-state index in [1.54, 1.807) is 19.1 Å². The van der Waals surface area contributed by atoms with Gasteiger partial charge in [-0.05, 0) is 18.5 Å². The highest BCUT2D eigenvalue weighted by atomic mass is 19.1. The van der Waals surface area contributed by atoms with Crippen LogP contribution in [0.15, 0.2) is 44.0 Å². The standard InChI is InChI=1S/C10H13N5O4.C9H10FN3O3/c1-5-3-15(10(18)12-9(5)17)8-2-6(13-14-11)7(4-16)19-8;10-6-3-13(9(15)12-8(6)11)7-2-1-5(4-14)16-7/h3,6-8,16H,2,4H2,1H3,(H,12,17,18);1-3,5,7,14H,4H2,(H2,11,12,15)/t6-,7+,8+;5-,7+/m00/s1. The number of nitrogens with two attached hydrogens (primary N) is 1. The first-order valence-electron chi connectivity index (χ1n) is 10.3. The number of hydrogen-bond donors (Lipinski definition) is 4. The number of nitrogens with zero attached hydrogens (tertiary/aromatic N) is 6. The number of aliphatic hydroxyl groups is 2. The Morgan fingerprint density at radius 2 is 2.00 bits per heavy atom. The Morgan fingerprint density at radius 3 is 2.63 bits per heavy atom. The number of rotatable bonds is 5. The first-order chi connectivity index (χ1) is 16.7. The number of aliphatic hydroxyl groups excluding tert-OH is 2. The number of nitrogens with one attached hydrogen (secondary N) is 1. The quantitative estimate of drug-likeness (QED) is 0.177. The van der Waals surface area contributed by atoms with Gasteiger partial charge in [0.2, 0.25) is 0 Å². The van der Waals surface area contributed by atoms with Crippen LogP contribution in [0.3, 0.4) is 0 Å². The number of anilines is 1. The number of aromatic amines is 1. The van der Waals surface area contributed by atoms with Crippen molar-refractivity contribution in [2.24, 2.45) is 5.11 Å². The fourth-order valence-electron chi connectivity index (χ4n) is 3.43. The van der Waals surface area contributed by atoms with Crippen molar-refractivity contribution in [3.63, 3.8) is 0 Å². The minimum Gasteiger partial charge on any atom is -0.394 e. The summed E-state index contributed by atoms with van der Waals surface area (Å²) in [7, 11) is 0. The van der Waals surface area contributed by atoms with E-state index in [1.807, 2.05) is 0 Å². The summed E-state index contributed by atoms with van der Waals surface area (Å²) >= 11 is 0. The van der Waals surface area contributed by atoms with Gasteiger partial charge in [0, 0.05) is 23.1 Å². The molecule has 1 saturated heterocycles. The molecule has 4 heterocycles. The molecular weight excluding hydrogens is 471 g/mol. The van der Waals surface area contributed by atoms with Crippen LogP contribution in [-0.4, -0.2) is 60.8 Å². The number of aromatic nitrogens is 4. The number of azide groups is 1. The first-order valence-corrected chi connectivity index (χ1v) is 10.3. The lowest BCUT2D eigenvalue weighted by Crippen LogP contribution is -2.33. The van der Waals surface area contributed by atoms with Gasteiger partial charge >= 0.3 is 11.4 Å². The van der Waals surface area contributed by atoms with Crippen molar-refractivity contribution in [3.05, 3.63) is 77.7 Å². The van der Waals surface area contributed by atoms with Crippen LogP contribution in [0, 0.1) is 12.7 Å². The minimum absolute atomic E-state index is 0.202. The summed E-state index contributed by atoms with van der Waals surface area (Å²) in [5.74, 6) is -1.23. The third-order valence-corrected chi connectivity index (χ3v) is 5.23. The van der Waals surface area contributed by atoms with E-state index < -0.39 is 59.3 Å². The van der Waals surface area contributed by atoms with Crippen LogP contribution in [0.5, 0.6) is 0 Å². The van der Waals surface area contributed by atoms with Gasteiger partial charge in [-0.25, -0.2) is 14.0 Å². The van der Waals surface area contributed by atoms with Gasteiger partial charge in [0.25, 0.3) is 5.56 Å². The van der Waals surface area contributed by atoms with E-state index in [2.05, 4.69) is 20.0 Å². The van der Waals surface area contributed by atoms with E-state index in [0.29, 0.717) is 5.56 Å². The Bertz CT molecular complexity index is 1320. The second-order valence-electron chi connectivity index (χ2n) is 7.59. The summed E-state index contributed by atoms with van der Waals surface area (Å²) < 4.78 is 26.0. The zero-order valence-corrected chi connectivity index (χ0v) is 18.4. The summed E-state index contributed by atoms with van der Waals surface area (Å²) in [5.41, 5.74) is 12.2. The molecular formula is C19H23FN8O7. The third-order valence-electron chi connectivity index (χ3n) is 5.23. The molecule has 2 aromatic heterocycles. The second-order valence-corrected chi connectivity index (χ2v) is 7.59. The van der Waals surface area contributed by atoms with Gasteiger partial charge in [0.1, 0.15) is 12.3 Å². The Kier molecular flexibility index (Phi) is 8.16. The van der Waals surface area contributed by atoms with Crippen LogP contribution in [0.2, 0.25) is 0 Å². The van der Waals surface area contributed by atoms with E-state index in [9.17, 15) is 18.8 Å². The molecule has 15 nitrogen and oxygen atoms in total. The second kappa shape index (κ2) is 11.1. The molecule has 0 aliphatic carbocycles. The average Bonchev–Trinajstić information content (AvgIpc) is 3.46. The van der Waals surface area contributed by atoms with E-state index in [-0.39, 0.29) is 19.6 Å². The summed E-state index contributed by atoms with van der Waals surface area (Å²) in [5, 5.41) is 21.5. The van der Waals surface area contributed by atoms with E-state index in [4.69, 9.17) is 31.0 Å². The predicted molar refractivity (Wildman–Crippen MR) is 118 cm³/mol. The summed E-state index contributed by atoms with van der Waals surface area (Å²) in [6, 6.07) is -0.542. The largest absolute Gasteiger partial charge is 0.394 e. The maximum absolute atomic E-state index is 13.1. The van der Waals surface area contributed by atoms with E-state index >= 15 is 0 Å². The number of hydrogen-bond acceptors (Lipinski definition) is 10. The van der Waals surface area contributed by atoms with Gasteiger partial charge in [0.05, 0.1) is 31.6 Å². The Balaban J connectivity index is 0.000000198. The Labute approximate surface area is 195 Å². The predicted octanol–water partition coefficient (Wildman–Crippen LogP) is -0.786. The molecule has 0 bridgehead atoms. The molecule has 0 radical (unpaired) electrons. The van der Waals surface area contributed by atoms with Crippen LogP contribution in [0.1, 0.15) is 24.4 Å². The van der Waals surface area contributed by atoms with Gasteiger partial charge in [-0.15, -0.1) is 0 Å². The summed E-state index contributed by atoms with van der Waals surface area (Å²) in [4.78, 5) is 42.5. The Hall–Kier alpha value is -3.82. The van der Waals surface area contributed by atoms with Crippen molar-refractivity contribution in [2.45, 2.75) is 44.1 Å². The maximum atomic E-state index is 13.1. The van der Waals surface area contributed by atoms with Crippen molar-refractivity contribution in [1.82, 2.24) is 19.1 Å². The molecule has 16 heteroatoms. The maximum Gasteiger partial charge on any atom is 0.352 e. The smallest absolute Gasteiger partial charge is 0.352 e. The molecule has 4 rings (SSSR count). The monoisotopic (exact) mass is 494 g/mol. The first kappa shape index (κ1) is 25.8. The fourth-order valence-corrected chi connectivity index (χ4v) is 3.43. The van der Waals surface area contributed by atoms with Crippen LogP contribution in [-0.2, 0) is 9.47 Å².